The predicted octanol–water partition coefficient (Wildman–Crippen LogP) is 3.34. The maximum Gasteiger partial charge on any atom is 0.407 e. The van der Waals surface area contributed by atoms with E-state index in [2.05, 4.69) is 15.9 Å². The molecule has 1 amide bonds. The second-order valence-corrected chi connectivity index (χ2v) is 6.33. The number of carboxylic acid groups (broad SMARTS) is 1. The van der Waals surface area contributed by atoms with Crippen LogP contribution in [-0.2, 0) is 0 Å². The van der Waals surface area contributed by atoms with E-state index in [1.165, 1.54) is 23.2 Å². The molecule has 1 aliphatic rings. The lowest BCUT2D eigenvalue weighted by atomic mass is 10.1. The summed E-state index contributed by atoms with van der Waals surface area (Å²) in [6.07, 6.45) is -2.34. The molecule has 2 heterocycles. The van der Waals surface area contributed by atoms with Crippen LogP contribution < -0.4 is 5.73 Å². The molecule has 124 valence electrons. The van der Waals surface area contributed by atoms with E-state index >= 15 is 0 Å². The fourth-order valence-corrected chi connectivity index (χ4v) is 3.09. The lowest BCUT2D eigenvalue weighted by Crippen LogP contribution is -2.49. The van der Waals surface area contributed by atoms with Gasteiger partial charge in [-0.25, -0.2) is 18.0 Å². The average molecular weight is 392 g/mol. The first-order valence-corrected chi connectivity index (χ1v) is 7.60. The molecule has 0 spiro atoms. The van der Waals surface area contributed by atoms with E-state index in [0.717, 1.165) is 0 Å². The van der Waals surface area contributed by atoms with Crippen molar-refractivity contribution in [1.82, 2.24) is 9.47 Å². The number of fused-ring (bicyclic) bond motifs is 1. The zero-order valence-corrected chi connectivity index (χ0v) is 13.3. The molecule has 1 aromatic heterocycles. The Labute approximate surface area is 137 Å². The number of aromatic nitrogens is 1. The number of amides is 1. The largest absolute Gasteiger partial charge is 0.465 e. The number of nitrogens with two attached hydrogens (primary N) is 1. The summed E-state index contributed by atoms with van der Waals surface area (Å²) in [6.45, 7) is 0.495. The third kappa shape index (κ3) is 2.67. The first-order chi connectivity index (χ1) is 10.8. The van der Waals surface area contributed by atoms with Gasteiger partial charge in [-0.3, -0.25) is 0 Å². The van der Waals surface area contributed by atoms with Crippen LogP contribution in [0.15, 0.2) is 22.8 Å². The van der Waals surface area contributed by atoms with E-state index in [-0.39, 0.29) is 29.2 Å². The maximum absolute atomic E-state index is 13.8. The highest BCUT2D eigenvalue weighted by Crippen LogP contribution is 2.35. The number of hydrogen-bond donors (Lipinski definition) is 2. The topological polar surface area (TPSA) is 71.5 Å². The summed E-state index contributed by atoms with van der Waals surface area (Å²) < 4.78 is 41.6. The Morgan fingerprint density at radius 3 is 2.61 bits per heavy atom. The normalized spacial score (nSPS) is 16.9. The van der Waals surface area contributed by atoms with E-state index in [1.54, 1.807) is 4.57 Å². The molecule has 1 saturated heterocycles. The van der Waals surface area contributed by atoms with E-state index in [0.29, 0.717) is 10.9 Å². The van der Waals surface area contributed by atoms with Crippen molar-refractivity contribution in [3.05, 3.63) is 34.2 Å². The van der Waals surface area contributed by atoms with Crippen molar-refractivity contribution in [3.8, 4) is 0 Å². The second kappa shape index (κ2) is 5.72. The van der Waals surface area contributed by atoms with Gasteiger partial charge in [-0.15, -0.1) is 0 Å². The third-order valence-electron chi connectivity index (χ3n) is 4.06. The van der Waals surface area contributed by atoms with Crippen molar-refractivity contribution < 1.29 is 23.1 Å². The first-order valence-electron chi connectivity index (χ1n) is 6.80. The Bertz CT molecular complexity index is 774. The molecule has 3 rings (SSSR count). The van der Waals surface area contributed by atoms with Crippen molar-refractivity contribution in [1.29, 1.82) is 0 Å². The lowest BCUT2D eigenvalue weighted by molar-refractivity contribution is 0.0869. The number of alkyl halides is 2. The van der Waals surface area contributed by atoms with Crippen LogP contribution >= 0.6 is 15.9 Å². The summed E-state index contributed by atoms with van der Waals surface area (Å²) in [6, 6.07) is 0.941. The monoisotopic (exact) mass is 391 g/mol. The molecule has 23 heavy (non-hydrogen) atoms. The maximum atomic E-state index is 13.8. The molecule has 9 heteroatoms. The van der Waals surface area contributed by atoms with Gasteiger partial charge in [-0.2, -0.15) is 0 Å². The molecule has 3 N–H and O–H groups in total. The van der Waals surface area contributed by atoms with Crippen molar-refractivity contribution in [2.75, 3.05) is 13.1 Å². The number of hydrogen-bond acceptors (Lipinski definition) is 2. The SMILES string of the molecule is N[C@@H](c1cn(C2CN(C(=O)O)C2)c2cc(Br)c(F)cc12)C(F)F. The Hall–Kier alpha value is -1.74. The summed E-state index contributed by atoms with van der Waals surface area (Å²) in [5.41, 5.74) is 6.23. The minimum atomic E-state index is -2.78. The van der Waals surface area contributed by atoms with Crippen LogP contribution in [0.5, 0.6) is 0 Å². The molecule has 1 aliphatic heterocycles. The number of carbonyl (C=O) groups is 1. The molecular formula is C14H13BrF3N3O2. The Balaban J connectivity index is 2.08. The van der Waals surface area contributed by atoms with Gasteiger partial charge in [0.05, 0.1) is 22.1 Å². The van der Waals surface area contributed by atoms with Crippen LogP contribution in [0, 0.1) is 5.82 Å². The fraction of sp³-hybridized carbons (Fsp3) is 0.357. The predicted molar refractivity (Wildman–Crippen MR) is 81.2 cm³/mol. The Morgan fingerprint density at radius 1 is 1.39 bits per heavy atom. The Kier molecular flexibility index (Phi) is 4.01. The van der Waals surface area contributed by atoms with Crippen molar-refractivity contribution in [2.45, 2.75) is 18.5 Å². The van der Waals surface area contributed by atoms with Gasteiger partial charge >= 0.3 is 6.09 Å². The highest BCUT2D eigenvalue weighted by molar-refractivity contribution is 9.10. The van der Waals surface area contributed by atoms with E-state index in [9.17, 15) is 18.0 Å². The van der Waals surface area contributed by atoms with Crippen LogP contribution in [0.1, 0.15) is 17.6 Å². The highest BCUT2D eigenvalue weighted by Gasteiger charge is 2.34. The summed E-state index contributed by atoms with van der Waals surface area (Å²) in [5, 5.41) is 9.21. The summed E-state index contributed by atoms with van der Waals surface area (Å²) in [4.78, 5) is 12.1. The van der Waals surface area contributed by atoms with Crippen LogP contribution in [0.2, 0.25) is 0 Å². The van der Waals surface area contributed by atoms with Crippen LogP contribution in [0.25, 0.3) is 10.9 Å². The van der Waals surface area contributed by atoms with Gasteiger partial charge in [-0.05, 0) is 28.1 Å². The minimum absolute atomic E-state index is 0.148. The van der Waals surface area contributed by atoms with Crippen molar-refractivity contribution >= 4 is 32.9 Å². The number of rotatable bonds is 3. The van der Waals surface area contributed by atoms with Crippen molar-refractivity contribution in [3.63, 3.8) is 0 Å². The summed E-state index contributed by atoms with van der Waals surface area (Å²) >= 11 is 3.08. The van der Waals surface area contributed by atoms with E-state index in [1.807, 2.05) is 0 Å². The van der Waals surface area contributed by atoms with E-state index < -0.39 is 24.4 Å². The fourth-order valence-electron chi connectivity index (χ4n) is 2.76. The molecule has 1 aromatic carbocycles. The van der Waals surface area contributed by atoms with Gasteiger partial charge in [-0.1, -0.05) is 0 Å². The molecule has 0 unspecified atom stereocenters. The van der Waals surface area contributed by atoms with Gasteiger partial charge in [0.2, 0.25) is 0 Å². The lowest BCUT2D eigenvalue weighted by Gasteiger charge is -2.38. The van der Waals surface area contributed by atoms with Gasteiger partial charge in [0.1, 0.15) is 5.82 Å². The number of nitrogens with zero attached hydrogens (tertiary/aromatic N) is 2. The van der Waals surface area contributed by atoms with Gasteiger partial charge in [0, 0.05) is 30.2 Å². The third-order valence-corrected chi connectivity index (χ3v) is 4.67. The van der Waals surface area contributed by atoms with E-state index in [4.69, 9.17) is 10.8 Å². The summed E-state index contributed by atoms with van der Waals surface area (Å²) in [5.74, 6) is -0.571. The first kappa shape index (κ1) is 16.1. The number of halogens is 4. The molecule has 0 saturated carbocycles. The van der Waals surface area contributed by atoms with Crippen LogP contribution in [0.4, 0.5) is 18.0 Å². The standard InChI is InChI=1S/C14H13BrF3N3O2/c15-9-2-11-7(1-10(9)16)8(12(19)13(17)18)5-21(11)6-3-20(4-6)14(22)23/h1-2,5-6,12-13H,3-4,19H2,(H,22,23)/t12-/m0/s1. The molecule has 0 radical (unpaired) electrons. The zero-order valence-electron chi connectivity index (χ0n) is 11.7. The second-order valence-electron chi connectivity index (χ2n) is 5.48. The van der Waals surface area contributed by atoms with Gasteiger partial charge in [0.15, 0.2) is 0 Å². The zero-order chi connectivity index (χ0) is 16.9. The van der Waals surface area contributed by atoms with Gasteiger partial charge in [0.25, 0.3) is 6.43 Å². The van der Waals surface area contributed by atoms with Gasteiger partial charge < -0.3 is 20.3 Å². The smallest absolute Gasteiger partial charge is 0.407 e. The average Bonchev–Trinajstić information content (AvgIpc) is 2.75. The molecule has 0 aliphatic carbocycles. The Morgan fingerprint density at radius 2 is 2.04 bits per heavy atom. The molecule has 1 atom stereocenters. The summed E-state index contributed by atoms with van der Waals surface area (Å²) in [7, 11) is 0. The molecule has 1 fully saturated rings. The molecule has 2 aromatic rings. The quantitative estimate of drug-likeness (QED) is 0.842. The minimum Gasteiger partial charge on any atom is -0.465 e. The molecule has 0 bridgehead atoms. The molecular weight excluding hydrogens is 379 g/mol. The number of benzene rings is 1. The van der Waals surface area contributed by atoms with Crippen LogP contribution in [-0.4, -0.2) is 40.2 Å². The molecule has 5 nitrogen and oxygen atoms in total. The highest BCUT2D eigenvalue weighted by atomic mass is 79.9. The van der Waals surface area contributed by atoms with Crippen LogP contribution in [0.3, 0.4) is 0 Å². The van der Waals surface area contributed by atoms with Crippen molar-refractivity contribution in [2.24, 2.45) is 5.73 Å². The number of likely N-dealkylation sites (tertiary alicyclic amines) is 1.